The van der Waals surface area contributed by atoms with Crippen molar-refractivity contribution in [1.29, 1.82) is 0 Å². The number of esters is 1. The van der Waals surface area contributed by atoms with Crippen LogP contribution in [0.3, 0.4) is 0 Å². The summed E-state index contributed by atoms with van der Waals surface area (Å²) in [5.74, 6) is 0.589. The van der Waals surface area contributed by atoms with E-state index in [9.17, 15) is 4.79 Å². The van der Waals surface area contributed by atoms with Crippen LogP contribution in [0.4, 0.5) is 0 Å². The SMILES string of the molecule is COc1ccc2c(ccn2C[C@H]2CC=CC(=O)O2)c1. The monoisotopic (exact) mass is 257 g/mol. The molecule has 19 heavy (non-hydrogen) atoms. The fraction of sp³-hybridized carbons (Fsp3) is 0.267. The molecule has 0 radical (unpaired) electrons. The smallest absolute Gasteiger partial charge is 0.330 e. The second-order valence-corrected chi connectivity index (χ2v) is 4.59. The molecule has 4 heteroatoms. The zero-order chi connectivity index (χ0) is 13.2. The summed E-state index contributed by atoms with van der Waals surface area (Å²) in [4.78, 5) is 11.2. The van der Waals surface area contributed by atoms with Crippen LogP contribution in [-0.2, 0) is 16.1 Å². The first-order valence-corrected chi connectivity index (χ1v) is 6.26. The number of rotatable bonds is 3. The van der Waals surface area contributed by atoms with Gasteiger partial charge >= 0.3 is 5.97 Å². The quantitative estimate of drug-likeness (QED) is 0.793. The van der Waals surface area contributed by atoms with Crippen molar-refractivity contribution in [3.8, 4) is 5.75 Å². The molecule has 0 N–H and O–H groups in total. The van der Waals surface area contributed by atoms with Crippen molar-refractivity contribution in [2.75, 3.05) is 7.11 Å². The fourth-order valence-electron chi connectivity index (χ4n) is 2.36. The van der Waals surface area contributed by atoms with Crippen molar-refractivity contribution in [2.45, 2.75) is 19.1 Å². The van der Waals surface area contributed by atoms with Gasteiger partial charge in [0.1, 0.15) is 11.9 Å². The fourth-order valence-corrected chi connectivity index (χ4v) is 2.36. The first-order valence-electron chi connectivity index (χ1n) is 6.26. The van der Waals surface area contributed by atoms with E-state index >= 15 is 0 Å². The number of ether oxygens (including phenoxy) is 2. The Labute approximate surface area is 111 Å². The van der Waals surface area contributed by atoms with Crippen LogP contribution in [0.2, 0.25) is 0 Å². The van der Waals surface area contributed by atoms with E-state index in [0.29, 0.717) is 6.54 Å². The summed E-state index contributed by atoms with van der Waals surface area (Å²) < 4.78 is 12.6. The van der Waals surface area contributed by atoms with Gasteiger partial charge in [-0.05, 0) is 24.3 Å². The van der Waals surface area contributed by atoms with Gasteiger partial charge in [-0.25, -0.2) is 4.79 Å². The molecule has 0 unspecified atom stereocenters. The Morgan fingerprint density at radius 2 is 2.32 bits per heavy atom. The molecule has 2 heterocycles. The summed E-state index contributed by atoms with van der Waals surface area (Å²) in [6.07, 6.45) is 6.04. The van der Waals surface area contributed by atoms with Crippen LogP contribution in [0.5, 0.6) is 5.75 Å². The highest BCUT2D eigenvalue weighted by Gasteiger charge is 2.17. The zero-order valence-electron chi connectivity index (χ0n) is 10.7. The van der Waals surface area contributed by atoms with Crippen molar-refractivity contribution in [2.24, 2.45) is 0 Å². The third kappa shape index (κ3) is 2.34. The lowest BCUT2D eigenvalue weighted by molar-refractivity contribution is -0.144. The molecule has 98 valence electrons. The summed E-state index contributed by atoms with van der Waals surface area (Å²) in [6, 6.07) is 8.00. The highest BCUT2D eigenvalue weighted by Crippen LogP contribution is 2.23. The molecule has 2 aromatic rings. The van der Waals surface area contributed by atoms with E-state index < -0.39 is 0 Å². The Kier molecular flexibility index (Phi) is 2.99. The summed E-state index contributed by atoms with van der Waals surface area (Å²) in [5.41, 5.74) is 1.12. The maximum absolute atomic E-state index is 11.2. The van der Waals surface area contributed by atoms with Gasteiger partial charge < -0.3 is 14.0 Å². The van der Waals surface area contributed by atoms with Gasteiger partial charge in [-0.15, -0.1) is 0 Å². The van der Waals surface area contributed by atoms with Gasteiger partial charge in [0.05, 0.1) is 13.7 Å². The van der Waals surface area contributed by atoms with Gasteiger partial charge in [0.25, 0.3) is 0 Å². The largest absolute Gasteiger partial charge is 0.497 e. The summed E-state index contributed by atoms with van der Waals surface area (Å²) >= 11 is 0. The van der Waals surface area contributed by atoms with Crippen LogP contribution in [-0.4, -0.2) is 23.8 Å². The summed E-state index contributed by atoms with van der Waals surface area (Å²) in [7, 11) is 1.66. The molecule has 1 aromatic carbocycles. The number of carbonyl (C=O) groups excluding carboxylic acids is 1. The third-order valence-corrected chi connectivity index (χ3v) is 3.31. The normalized spacial score (nSPS) is 18.6. The minimum Gasteiger partial charge on any atom is -0.497 e. The van der Waals surface area contributed by atoms with E-state index in [2.05, 4.69) is 4.57 Å². The van der Waals surface area contributed by atoms with Crippen molar-refractivity contribution < 1.29 is 14.3 Å². The van der Waals surface area contributed by atoms with Crippen LogP contribution in [0.15, 0.2) is 42.6 Å². The predicted octanol–water partition coefficient (Wildman–Crippen LogP) is 2.52. The van der Waals surface area contributed by atoms with E-state index in [1.165, 1.54) is 6.08 Å². The summed E-state index contributed by atoms with van der Waals surface area (Å²) in [6.45, 7) is 0.673. The molecular weight excluding hydrogens is 242 g/mol. The maximum Gasteiger partial charge on any atom is 0.330 e. The predicted molar refractivity (Wildman–Crippen MR) is 72.1 cm³/mol. The number of nitrogens with zero attached hydrogens (tertiary/aromatic N) is 1. The van der Waals surface area contributed by atoms with Gasteiger partial charge in [0, 0.05) is 29.6 Å². The van der Waals surface area contributed by atoms with Gasteiger partial charge in [0.15, 0.2) is 0 Å². The molecule has 0 bridgehead atoms. The Hall–Kier alpha value is -2.23. The number of methoxy groups -OCH3 is 1. The molecule has 1 aromatic heterocycles. The Bertz CT molecular complexity index is 642. The highest BCUT2D eigenvalue weighted by atomic mass is 16.5. The Morgan fingerprint density at radius 1 is 1.42 bits per heavy atom. The average Bonchev–Trinajstić information content (AvgIpc) is 2.81. The highest BCUT2D eigenvalue weighted by molar-refractivity contribution is 5.83. The number of cyclic esters (lactones) is 1. The lowest BCUT2D eigenvalue weighted by Gasteiger charge is -2.19. The molecule has 0 fully saturated rings. The molecule has 4 nitrogen and oxygen atoms in total. The van der Waals surface area contributed by atoms with E-state index in [-0.39, 0.29) is 12.1 Å². The number of fused-ring (bicyclic) bond motifs is 1. The zero-order valence-corrected chi connectivity index (χ0v) is 10.7. The van der Waals surface area contributed by atoms with E-state index in [0.717, 1.165) is 23.1 Å². The Morgan fingerprint density at radius 3 is 3.11 bits per heavy atom. The lowest BCUT2D eigenvalue weighted by Crippen LogP contribution is -2.24. The van der Waals surface area contributed by atoms with Gasteiger partial charge in [-0.3, -0.25) is 0 Å². The Balaban J connectivity index is 1.85. The number of carbonyl (C=O) groups is 1. The molecule has 0 saturated heterocycles. The minimum absolute atomic E-state index is 0.0878. The number of aromatic nitrogens is 1. The van der Waals surface area contributed by atoms with Crippen LogP contribution in [0.1, 0.15) is 6.42 Å². The van der Waals surface area contributed by atoms with Crippen molar-refractivity contribution >= 4 is 16.9 Å². The first kappa shape index (κ1) is 11.8. The molecule has 1 aliphatic heterocycles. The van der Waals surface area contributed by atoms with Crippen LogP contribution < -0.4 is 4.74 Å². The summed E-state index contributed by atoms with van der Waals surface area (Å²) in [5, 5.41) is 1.12. The molecule has 1 aliphatic rings. The standard InChI is InChI=1S/C15H15NO3/c1-18-12-5-6-14-11(9-12)7-8-16(14)10-13-3-2-4-15(17)19-13/h2,4-9,13H,3,10H2,1H3/t13-/m1/s1. The van der Waals surface area contributed by atoms with Gasteiger partial charge in [-0.2, -0.15) is 0 Å². The molecule has 1 atom stereocenters. The molecule has 0 aliphatic carbocycles. The first-order chi connectivity index (χ1) is 9.26. The van der Waals surface area contributed by atoms with Gasteiger partial charge in [0.2, 0.25) is 0 Å². The topological polar surface area (TPSA) is 40.5 Å². The number of hydrogen-bond donors (Lipinski definition) is 0. The van der Waals surface area contributed by atoms with Crippen LogP contribution >= 0.6 is 0 Å². The molecule has 0 amide bonds. The lowest BCUT2D eigenvalue weighted by atomic mass is 10.2. The number of benzene rings is 1. The molecule has 0 saturated carbocycles. The second kappa shape index (κ2) is 4.80. The van der Waals surface area contributed by atoms with Crippen LogP contribution in [0, 0.1) is 0 Å². The average molecular weight is 257 g/mol. The van der Waals surface area contributed by atoms with E-state index in [1.54, 1.807) is 7.11 Å². The molecular formula is C15H15NO3. The third-order valence-electron chi connectivity index (χ3n) is 3.31. The maximum atomic E-state index is 11.2. The van der Waals surface area contributed by atoms with Crippen molar-refractivity contribution in [3.63, 3.8) is 0 Å². The van der Waals surface area contributed by atoms with E-state index in [1.807, 2.05) is 36.5 Å². The van der Waals surface area contributed by atoms with E-state index in [4.69, 9.17) is 9.47 Å². The minimum atomic E-state index is -0.255. The second-order valence-electron chi connectivity index (χ2n) is 4.59. The molecule has 3 rings (SSSR count). The molecule has 0 spiro atoms. The van der Waals surface area contributed by atoms with Crippen molar-refractivity contribution in [1.82, 2.24) is 4.57 Å². The van der Waals surface area contributed by atoms with Crippen molar-refractivity contribution in [3.05, 3.63) is 42.6 Å². The van der Waals surface area contributed by atoms with Gasteiger partial charge in [-0.1, -0.05) is 6.08 Å². The van der Waals surface area contributed by atoms with Crippen LogP contribution in [0.25, 0.3) is 10.9 Å². The number of hydrogen-bond acceptors (Lipinski definition) is 3.